The van der Waals surface area contributed by atoms with Crippen molar-refractivity contribution in [2.45, 2.75) is 17.9 Å². The second kappa shape index (κ2) is 7.51. The van der Waals surface area contributed by atoms with Crippen LogP contribution in [0.2, 0.25) is 0 Å². The molecule has 0 aliphatic heterocycles. The zero-order chi connectivity index (χ0) is 15.1. The summed E-state index contributed by atoms with van der Waals surface area (Å²) in [5.74, 6) is 0.214. The molecule has 0 heterocycles. The van der Waals surface area contributed by atoms with E-state index in [2.05, 4.69) is 11.4 Å². The van der Waals surface area contributed by atoms with E-state index >= 15 is 0 Å². The van der Waals surface area contributed by atoms with Gasteiger partial charge in [0, 0.05) is 4.90 Å². The molecule has 0 aliphatic rings. The third-order valence-electron chi connectivity index (χ3n) is 3.07. The fourth-order valence-electron chi connectivity index (χ4n) is 1.99. The summed E-state index contributed by atoms with van der Waals surface area (Å²) in [5, 5.41) is 11.7. The molecular formula is C17H16N2OS. The highest BCUT2D eigenvalue weighted by Crippen LogP contribution is 2.23. The van der Waals surface area contributed by atoms with Crippen molar-refractivity contribution in [1.29, 1.82) is 5.26 Å². The van der Waals surface area contributed by atoms with Crippen molar-refractivity contribution in [1.82, 2.24) is 5.32 Å². The summed E-state index contributed by atoms with van der Waals surface area (Å²) in [6.07, 6.45) is 0. The van der Waals surface area contributed by atoms with Crippen LogP contribution in [0.1, 0.15) is 28.9 Å². The van der Waals surface area contributed by atoms with E-state index in [9.17, 15) is 4.79 Å². The molecule has 0 aliphatic carbocycles. The lowest BCUT2D eigenvalue weighted by Crippen LogP contribution is -2.27. The fourth-order valence-corrected chi connectivity index (χ4v) is 2.70. The summed E-state index contributed by atoms with van der Waals surface area (Å²) in [7, 11) is 0. The van der Waals surface area contributed by atoms with Crippen molar-refractivity contribution >= 4 is 17.7 Å². The molecule has 1 atom stereocenters. The number of nitrogens with one attached hydrogen (secondary N) is 1. The number of rotatable bonds is 5. The molecule has 2 aromatic carbocycles. The van der Waals surface area contributed by atoms with Crippen LogP contribution in [-0.4, -0.2) is 11.7 Å². The van der Waals surface area contributed by atoms with Gasteiger partial charge in [-0.1, -0.05) is 42.5 Å². The van der Waals surface area contributed by atoms with E-state index in [0.717, 1.165) is 10.5 Å². The Labute approximate surface area is 129 Å². The number of carbonyl (C=O) groups excluding carboxylic acids is 1. The third-order valence-corrected chi connectivity index (χ3v) is 4.01. The van der Waals surface area contributed by atoms with E-state index in [1.807, 2.05) is 55.5 Å². The normalized spacial score (nSPS) is 11.4. The van der Waals surface area contributed by atoms with Gasteiger partial charge in [-0.05, 0) is 24.6 Å². The van der Waals surface area contributed by atoms with Gasteiger partial charge in [-0.2, -0.15) is 5.26 Å². The van der Waals surface area contributed by atoms with Gasteiger partial charge in [0.25, 0.3) is 5.91 Å². The Bertz CT molecular complexity index is 649. The van der Waals surface area contributed by atoms with Crippen molar-refractivity contribution in [2.24, 2.45) is 0 Å². The first-order valence-corrected chi connectivity index (χ1v) is 7.65. The van der Waals surface area contributed by atoms with Crippen LogP contribution in [0.5, 0.6) is 0 Å². The second-order valence-corrected chi connectivity index (χ2v) is 5.57. The van der Waals surface area contributed by atoms with Crippen molar-refractivity contribution in [3.63, 3.8) is 0 Å². The summed E-state index contributed by atoms with van der Waals surface area (Å²) < 4.78 is 0. The topological polar surface area (TPSA) is 52.9 Å². The van der Waals surface area contributed by atoms with Gasteiger partial charge in [0.15, 0.2) is 0 Å². The van der Waals surface area contributed by atoms with Crippen LogP contribution < -0.4 is 5.32 Å². The first-order chi connectivity index (χ1) is 10.2. The van der Waals surface area contributed by atoms with Gasteiger partial charge in [-0.15, -0.1) is 11.8 Å². The van der Waals surface area contributed by atoms with E-state index in [1.54, 1.807) is 6.07 Å². The molecule has 0 saturated heterocycles. The predicted molar refractivity (Wildman–Crippen MR) is 85.1 cm³/mol. The molecule has 0 saturated carbocycles. The quantitative estimate of drug-likeness (QED) is 0.854. The lowest BCUT2D eigenvalue weighted by molar-refractivity contribution is 0.0937. The van der Waals surface area contributed by atoms with Gasteiger partial charge in [-0.25, -0.2) is 0 Å². The highest BCUT2D eigenvalue weighted by Gasteiger charge is 2.14. The Hall–Kier alpha value is -2.25. The van der Waals surface area contributed by atoms with Gasteiger partial charge in [0.05, 0.1) is 23.4 Å². The summed E-state index contributed by atoms with van der Waals surface area (Å²) in [4.78, 5) is 13.2. The molecule has 0 unspecified atom stereocenters. The molecule has 0 fully saturated rings. The molecule has 106 valence electrons. The lowest BCUT2D eigenvalue weighted by Gasteiger charge is -2.15. The summed E-state index contributed by atoms with van der Waals surface area (Å²) in [6, 6.07) is 19.2. The minimum atomic E-state index is -0.118. The molecule has 0 spiro atoms. The predicted octanol–water partition coefficient (Wildman–Crippen LogP) is 3.79. The maximum absolute atomic E-state index is 12.4. The summed E-state index contributed by atoms with van der Waals surface area (Å²) >= 11 is 1.38. The molecule has 1 N–H and O–H groups in total. The molecule has 0 bridgehead atoms. The highest BCUT2D eigenvalue weighted by molar-refractivity contribution is 7.99. The molecule has 2 rings (SSSR count). The van der Waals surface area contributed by atoms with Crippen LogP contribution >= 0.6 is 11.8 Å². The number of hydrogen-bond donors (Lipinski definition) is 1. The minimum absolute atomic E-state index is 0.0623. The molecular weight excluding hydrogens is 280 g/mol. The number of benzene rings is 2. The Kier molecular flexibility index (Phi) is 5.42. The van der Waals surface area contributed by atoms with E-state index < -0.39 is 0 Å². The van der Waals surface area contributed by atoms with Gasteiger partial charge in [0.1, 0.15) is 0 Å². The van der Waals surface area contributed by atoms with Gasteiger partial charge < -0.3 is 5.32 Å². The third kappa shape index (κ3) is 4.11. The molecule has 0 radical (unpaired) electrons. The fraction of sp³-hybridized carbons (Fsp3) is 0.176. The van der Waals surface area contributed by atoms with Crippen LogP contribution in [0.4, 0.5) is 0 Å². The Morgan fingerprint density at radius 2 is 1.86 bits per heavy atom. The zero-order valence-corrected chi connectivity index (χ0v) is 12.6. The number of amides is 1. The van der Waals surface area contributed by atoms with E-state index in [4.69, 9.17) is 5.26 Å². The number of carbonyl (C=O) groups is 1. The average Bonchev–Trinajstić information content (AvgIpc) is 2.54. The zero-order valence-electron chi connectivity index (χ0n) is 11.7. The minimum Gasteiger partial charge on any atom is -0.345 e. The van der Waals surface area contributed by atoms with Crippen LogP contribution in [0, 0.1) is 11.3 Å². The molecule has 1 amide bonds. The van der Waals surface area contributed by atoms with Gasteiger partial charge in [0.2, 0.25) is 0 Å². The van der Waals surface area contributed by atoms with E-state index in [-0.39, 0.29) is 11.9 Å². The largest absolute Gasteiger partial charge is 0.345 e. The van der Waals surface area contributed by atoms with Crippen molar-refractivity contribution in [2.75, 3.05) is 5.75 Å². The monoisotopic (exact) mass is 296 g/mol. The number of nitrogens with zero attached hydrogens (tertiary/aromatic N) is 1. The molecule has 2 aromatic rings. The smallest absolute Gasteiger partial charge is 0.252 e. The first-order valence-electron chi connectivity index (χ1n) is 6.67. The van der Waals surface area contributed by atoms with Gasteiger partial charge >= 0.3 is 0 Å². The van der Waals surface area contributed by atoms with Crippen LogP contribution in [-0.2, 0) is 0 Å². The Morgan fingerprint density at radius 3 is 2.57 bits per heavy atom. The highest BCUT2D eigenvalue weighted by atomic mass is 32.2. The van der Waals surface area contributed by atoms with E-state index in [1.165, 1.54) is 11.8 Å². The number of nitriles is 1. The van der Waals surface area contributed by atoms with Crippen LogP contribution in [0.15, 0.2) is 59.5 Å². The second-order valence-electron chi connectivity index (χ2n) is 4.55. The molecule has 3 nitrogen and oxygen atoms in total. The maximum atomic E-state index is 12.4. The Balaban J connectivity index is 2.12. The molecule has 4 heteroatoms. The molecule has 0 aromatic heterocycles. The first kappa shape index (κ1) is 15.1. The van der Waals surface area contributed by atoms with Gasteiger partial charge in [-0.3, -0.25) is 4.79 Å². The van der Waals surface area contributed by atoms with Crippen LogP contribution in [0.25, 0.3) is 0 Å². The lowest BCUT2D eigenvalue weighted by atomic mass is 10.1. The number of hydrogen-bond acceptors (Lipinski definition) is 3. The maximum Gasteiger partial charge on any atom is 0.252 e. The SMILES string of the molecule is C[C@@H](NC(=O)c1ccccc1SCC#N)c1ccccc1. The standard InChI is InChI=1S/C17H16N2OS/c1-13(14-7-3-2-4-8-14)19-17(20)15-9-5-6-10-16(15)21-12-11-18/h2-10,13H,12H2,1H3,(H,19,20)/t13-/m1/s1. The van der Waals surface area contributed by atoms with Crippen LogP contribution in [0.3, 0.4) is 0 Å². The number of thioether (sulfide) groups is 1. The van der Waals surface area contributed by atoms with Crippen molar-refractivity contribution in [3.8, 4) is 6.07 Å². The summed E-state index contributed by atoms with van der Waals surface area (Å²) in [6.45, 7) is 1.96. The Morgan fingerprint density at radius 1 is 1.19 bits per heavy atom. The van der Waals surface area contributed by atoms with Crippen molar-refractivity contribution in [3.05, 3.63) is 65.7 Å². The van der Waals surface area contributed by atoms with Crippen molar-refractivity contribution < 1.29 is 4.79 Å². The average molecular weight is 296 g/mol. The molecule has 21 heavy (non-hydrogen) atoms. The summed E-state index contributed by atoms with van der Waals surface area (Å²) in [5.41, 5.74) is 1.67. The van der Waals surface area contributed by atoms with E-state index in [0.29, 0.717) is 11.3 Å².